The lowest BCUT2D eigenvalue weighted by Gasteiger charge is -2.06. The topological polar surface area (TPSA) is 61.8 Å². The molecule has 0 unspecified atom stereocenters. The first kappa shape index (κ1) is 17.0. The summed E-state index contributed by atoms with van der Waals surface area (Å²) in [6, 6.07) is 7.34. The van der Waals surface area contributed by atoms with E-state index in [2.05, 4.69) is 0 Å². The van der Waals surface area contributed by atoms with Crippen LogP contribution in [0.2, 0.25) is 0 Å². The first-order valence-corrected chi connectivity index (χ1v) is 7.10. The van der Waals surface area contributed by atoms with E-state index in [1.165, 1.54) is 0 Å². The molecule has 0 saturated heterocycles. The Balaban J connectivity index is 2.20. The molecule has 1 rings (SSSR count). The molecule has 116 valence electrons. The molecule has 0 heterocycles. The number of methoxy groups -OCH3 is 1. The number of hydrogen-bond acceptors (Lipinski definition) is 5. The van der Waals surface area contributed by atoms with Crippen LogP contribution in [-0.2, 0) is 25.7 Å². The van der Waals surface area contributed by atoms with E-state index in [1.807, 2.05) is 31.2 Å². The largest absolute Gasteiger partial charge is 0.497 e. The van der Waals surface area contributed by atoms with Crippen LogP contribution in [0.1, 0.15) is 38.2 Å². The summed E-state index contributed by atoms with van der Waals surface area (Å²) in [7, 11) is 1.59. The smallest absolute Gasteiger partial charge is 0.306 e. The van der Waals surface area contributed by atoms with E-state index in [4.69, 9.17) is 14.2 Å². The number of esters is 2. The Bertz CT molecular complexity index is 456. The van der Waals surface area contributed by atoms with Crippen LogP contribution in [0.4, 0.5) is 0 Å². The Morgan fingerprint density at radius 2 is 1.81 bits per heavy atom. The van der Waals surface area contributed by atoms with Crippen molar-refractivity contribution in [2.45, 2.75) is 39.2 Å². The molecule has 1 aromatic carbocycles. The zero-order valence-electron chi connectivity index (χ0n) is 12.6. The van der Waals surface area contributed by atoms with Crippen LogP contribution in [0, 0.1) is 0 Å². The monoisotopic (exact) mass is 294 g/mol. The van der Waals surface area contributed by atoms with E-state index in [9.17, 15) is 9.59 Å². The van der Waals surface area contributed by atoms with Gasteiger partial charge in [0.05, 0.1) is 13.7 Å². The third-order valence-corrected chi connectivity index (χ3v) is 2.76. The molecular formula is C16H22O5. The van der Waals surface area contributed by atoms with Gasteiger partial charge in [-0.3, -0.25) is 9.59 Å². The molecule has 0 radical (unpaired) electrons. The Kier molecular flexibility index (Phi) is 7.94. The summed E-state index contributed by atoms with van der Waals surface area (Å²) in [5.41, 5.74) is 0.866. The molecule has 0 saturated carbocycles. The zero-order valence-corrected chi connectivity index (χ0v) is 12.6. The van der Waals surface area contributed by atoms with Crippen molar-refractivity contribution < 1.29 is 23.8 Å². The van der Waals surface area contributed by atoms with E-state index in [1.54, 1.807) is 7.11 Å². The molecule has 0 aliphatic heterocycles. The van der Waals surface area contributed by atoms with E-state index >= 15 is 0 Å². The minimum absolute atomic E-state index is 0.205. The predicted octanol–water partition coefficient (Wildman–Crippen LogP) is 2.86. The standard InChI is InChI=1S/C16H22O5/c1-3-10-20-15(17)8-5-9-16(18)21-12-13-6-4-7-14(11-13)19-2/h4,6-7,11H,3,5,8-10,12H2,1-2H3. The molecule has 0 aliphatic rings. The van der Waals surface area contributed by atoms with E-state index in [0.29, 0.717) is 13.0 Å². The van der Waals surface area contributed by atoms with Crippen LogP contribution in [0.3, 0.4) is 0 Å². The van der Waals surface area contributed by atoms with Gasteiger partial charge in [-0.15, -0.1) is 0 Å². The molecule has 21 heavy (non-hydrogen) atoms. The maximum Gasteiger partial charge on any atom is 0.306 e. The molecule has 0 aliphatic carbocycles. The lowest BCUT2D eigenvalue weighted by atomic mass is 10.2. The highest BCUT2D eigenvalue weighted by Gasteiger charge is 2.07. The maximum absolute atomic E-state index is 11.6. The van der Waals surface area contributed by atoms with Crippen LogP contribution in [0.25, 0.3) is 0 Å². The van der Waals surface area contributed by atoms with Crippen LogP contribution < -0.4 is 4.74 Å². The van der Waals surface area contributed by atoms with Crippen molar-refractivity contribution in [2.24, 2.45) is 0 Å². The molecule has 0 N–H and O–H groups in total. The van der Waals surface area contributed by atoms with Gasteiger partial charge in [-0.25, -0.2) is 0 Å². The minimum atomic E-state index is -0.318. The minimum Gasteiger partial charge on any atom is -0.497 e. The van der Waals surface area contributed by atoms with E-state index in [-0.39, 0.29) is 31.4 Å². The van der Waals surface area contributed by atoms with Gasteiger partial charge < -0.3 is 14.2 Å². The van der Waals surface area contributed by atoms with Crippen LogP contribution in [-0.4, -0.2) is 25.7 Å². The molecule has 0 atom stereocenters. The van der Waals surface area contributed by atoms with Crippen molar-refractivity contribution in [1.29, 1.82) is 0 Å². The Hall–Kier alpha value is -2.04. The summed E-state index contributed by atoms with van der Waals surface area (Å²) in [6.45, 7) is 2.57. The van der Waals surface area contributed by atoms with Crippen LogP contribution in [0.15, 0.2) is 24.3 Å². The second kappa shape index (κ2) is 9.80. The number of benzene rings is 1. The summed E-state index contributed by atoms with van der Waals surface area (Å²) in [6.07, 6.45) is 1.70. The van der Waals surface area contributed by atoms with Crippen molar-refractivity contribution in [1.82, 2.24) is 0 Å². The summed E-state index contributed by atoms with van der Waals surface area (Å²) in [5, 5.41) is 0. The summed E-state index contributed by atoms with van der Waals surface area (Å²) in [4.78, 5) is 22.8. The highest BCUT2D eigenvalue weighted by atomic mass is 16.5. The fourth-order valence-electron chi connectivity index (χ4n) is 1.66. The van der Waals surface area contributed by atoms with Gasteiger partial charge in [0.25, 0.3) is 0 Å². The quantitative estimate of drug-likeness (QED) is 0.655. The molecule has 5 heteroatoms. The maximum atomic E-state index is 11.6. The molecule has 0 fully saturated rings. The number of carbonyl (C=O) groups excluding carboxylic acids is 2. The average Bonchev–Trinajstić information content (AvgIpc) is 2.51. The van der Waals surface area contributed by atoms with Crippen molar-refractivity contribution in [3.8, 4) is 5.75 Å². The first-order valence-electron chi connectivity index (χ1n) is 7.10. The third-order valence-electron chi connectivity index (χ3n) is 2.76. The Morgan fingerprint density at radius 1 is 1.10 bits per heavy atom. The van der Waals surface area contributed by atoms with Crippen LogP contribution >= 0.6 is 0 Å². The second-order valence-electron chi connectivity index (χ2n) is 4.59. The normalized spacial score (nSPS) is 10.0. The lowest BCUT2D eigenvalue weighted by Crippen LogP contribution is -2.08. The van der Waals surface area contributed by atoms with Crippen molar-refractivity contribution in [3.63, 3.8) is 0 Å². The average molecular weight is 294 g/mol. The number of ether oxygens (including phenoxy) is 3. The van der Waals surface area contributed by atoms with Crippen molar-refractivity contribution in [2.75, 3.05) is 13.7 Å². The molecule has 0 amide bonds. The van der Waals surface area contributed by atoms with Gasteiger partial charge in [0.2, 0.25) is 0 Å². The number of hydrogen-bond donors (Lipinski definition) is 0. The molecule has 0 aromatic heterocycles. The highest BCUT2D eigenvalue weighted by molar-refractivity contribution is 5.72. The second-order valence-corrected chi connectivity index (χ2v) is 4.59. The molecule has 0 spiro atoms. The van der Waals surface area contributed by atoms with Gasteiger partial charge >= 0.3 is 11.9 Å². The Labute approximate surface area is 125 Å². The van der Waals surface area contributed by atoms with E-state index < -0.39 is 0 Å². The van der Waals surface area contributed by atoms with Crippen molar-refractivity contribution in [3.05, 3.63) is 29.8 Å². The first-order chi connectivity index (χ1) is 10.2. The van der Waals surface area contributed by atoms with E-state index in [0.717, 1.165) is 17.7 Å². The van der Waals surface area contributed by atoms with Gasteiger partial charge in [-0.1, -0.05) is 19.1 Å². The Morgan fingerprint density at radius 3 is 2.48 bits per heavy atom. The lowest BCUT2D eigenvalue weighted by molar-refractivity contribution is -0.146. The van der Waals surface area contributed by atoms with Gasteiger partial charge in [0.15, 0.2) is 0 Å². The summed E-state index contributed by atoms with van der Waals surface area (Å²) >= 11 is 0. The van der Waals surface area contributed by atoms with Gasteiger partial charge in [-0.2, -0.15) is 0 Å². The SMILES string of the molecule is CCCOC(=O)CCCC(=O)OCc1cccc(OC)c1. The molecule has 0 bridgehead atoms. The fourth-order valence-corrected chi connectivity index (χ4v) is 1.66. The highest BCUT2D eigenvalue weighted by Crippen LogP contribution is 2.13. The van der Waals surface area contributed by atoms with Gasteiger partial charge in [0, 0.05) is 12.8 Å². The third kappa shape index (κ3) is 7.34. The number of carbonyl (C=O) groups is 2. The van der Waals surface area contributed by atoms with Gasteiger partial charge in [0.1, 0.15) is 12.4 Å². The summed E-state index contributed by atoms with van der Waals surface area (Å²) < 4.78 is 15.2. The summed E-state index contributed by atoms with van der Waals surface area (Å²) in [5.74, 6) is 0.140. The van der Waals surface area contributed by atoms with Gasteiger partial charge in [-0.05, 0) is 30.5 Å². The van der Waals surface area contributed by atoms with Crippen LogP contribution in [0.5, 0.6) is 5.75 Å². The number of rotatable bonds is 9. The predicted molar refractivity (Wildman–Crippen MR) is 77.9 cm³/mol. The fraction of sp³-hybridized carbons (Fsp3) is 0.500. The molecule has 1 aromatic rings. The molecular weight excluding hydrogens is 272 g/mol. The molecule has 5 nitrogen and oxygen atoms in total. The zero-order chi connectivity index (χ0) is 15.5. The van der Waals surface area contributed by atoms with Crippen molar-refractivity contribution >= 4 is 11.9 Å².